The van der Waals surface area contributed by atoms with Crippen LogP contribution in [0, 0.1) is 0 Å². The lowest BCUT2D eigenvalue weighted by atomic mass is 10.3. The van der Waals surface area contributed by atoms with Gasteiger partial charge in [-0.25, -0.2) is 4.98 Å². The Kier molecular flexibility index (Phi) is 7.12. The molecule has 2 heterocycles. The predicted molar refractivity (Wildman–Crippen MR) is 109 cm³/mol. The van der Waals surface area contributed by atoms with Crippen LogP contribution in [0.5, 0.6) is 5.75 Å². The molecule has 10 heteroatoms. The van der Waals surface area contributed by atoms with Crippen molar-refractivity contribution in [2.24, 2.45) is 0 Å². The zero-order valence-electron chi connectivity index (χ0n) is 15.6. The largest absolute Gasteiger partial charge is 0.497 e. The third-order valence-corrected chi connectivity index (χ3v) is 6.06. The van der Waals surface area contributed by atoms with Gasteiger partial charge in [0.25, 0.3) is 11.8 Å². The molecule has 0 saturated carbocycles. The zero-order valence-corrected chi connectivity index (χ0v) is 17.3. The normalized spacial score (nSPS) is 15.0. The third kappa shape index (κ3) is 5.37. The first kappa shape index (κ1) is 20.4. The fraction of sp³-hybridized carbons (Fsp3) is 0.389. The number of thioether (sulfide) groups is 1. The Bertz CT molecular complexity index is 806. The number of rotatable bonds is 6. The fourth-order valence-corrected chi connectivity index (χ4v) is 4.19. The molecule has 0 spiro atoms. The van der Waals surface area contributed by atoms with Crippen LogP contribution < -0.4 is 20.5 Å². The highest BCUT2D eigenvalue weighted by Crippen LogP contribution is 2.25. The molecule has 1 aliphatic heterocycles. The van der Waals surface area contributed by atoms with Crippen molar-refractivity contribution in [3.63, 3.8) is 0 Å². The van der Waals surface area contributed by atoms with Crippen LogP contribution in [0.1, 0.15) is 17.4 Å². The summed E-state index contributed by atoms with van der Waals surface area (Å²) in [5.74, 6) is 0.0250. The van der Waals surface area contributed by atoms with E-state index < -0.39 is 5.91 Å². The van der Waals surface area contributed by atoms with Crippen LogP contribution in [0.2, 0.25) is 0 Å². The highest BCUT2D eigenvalue weighted by atomic mass is 32.2. The summed E-state index contributed by atoms with van der Waals surface area (Å²) in [6.45, 7) is 4.59. The monoisotopic (exact) mass is 422 g/mol. The molecule has 0 bridgehead atoms. The average Bonchev–Trinajstić information content (AvgIpc) is 3.23. The summed E-state index contributed by atoms with van der Waals surface area (Å²) in [4.78, 5) is 31.9. The van der Waals surface area contributed by atoms with Gasteiger partial charge in [0, 0.05) is 23.4 Å². The molecule has 1 aromatic carbocycles. The number of hydrazine groups is 1. The van der Waals surface area contributed by atoms with Crippen molar-refractivity contribution in [1.29, 1.82) is 0 Å². The van der Waals surface area contributed by atoms with Gasteiger partial charge in [0.2, 0.25) is 0 Å². The zero-order chi connectivity index (χ0) is 19.9. The summed E-state index contributed by atoms with van der Waals surface area (Å²) in [5.41, 5.74) is 5.17. The minimum absolute atomic E-state index is 0.280. The number of ether oxygens (including phenoxy) is 2. The van der Waals surface area contributed by atoms with E-state index in [2.05, 4.69) is 20.7 Å². The molecule has 150 valence electrons. The summed E-state index contributed by atoms with van der Waals surface area (Å²) in [7, 11) is 1.60. The van der Waals surface area contributed by atoms with Crippen LogP contribution in [0.25, 0.3) is 0 Å². The second-order valence-electron chi connectivity index (χ2n) is 5.99. The molecule has 2 N–H and O–H groups in total. The van der Waals surface area contributed by atoms with Gasteiger partial charge in [-0.15, -0.1) is 23.1 Å². The second kappa shape index (κ2) is 9.76. The Morgan fingerprint density at radius 2 is 1.96 bits per heavy atom. The van der Waals surface area contributed by atoms with Crippen molar-refractivity contribution >= 4 is 40.0 Å². The van der Waals surface area contributed by atoms with Crippen molar-refractivity contribution < 1.29 is 19.1 Å². The summed E-state index contributed by atoms with van der Waals surface area (Å²) >= 11 is 2.79. The lowest BCUT2D eigenvalue weighted by Gasteiger charge is -2.25. The van der Waals surface area contributed by atoms with E-state index in [9.17, 15) is 9.59 Å². The number of thiazole rings is 1. The van der Waals surface area contributed by atoms with E-state index in [1.54, 1.807) is 19.4 Å². The van der Waals surface area contributed by atoms with Gasteiger partial charge in [-0.05, 0) is 31.2 Å². The maximum absolute atomic E-state index is 12.3. The fourth-order valence-electron chi connectivity index (χ4n) is 2.46. The van der Waals surface area contributed by atoms with Gasteiger partial charge in [-0.3, -0.25) is 20.4 Å². The lowest BCUT2D eigenvalue weighted by Crippen LogP contribution is -2.45. The van der Waals surface area contributed by atoms with Crippen LogP contribution in [-0.4, -0.2) is 55.5 Å². The van der Waals surface area contributed by atoms with Crippen LogP contribution in [0.15, 0.2) is 34.5 Å². The van der Waals surface area contributed by atoms with Gasteiger partial charge < -0.3 is 14.4 Å². The number of morpholine rings is 1. The number of hydrogen-bond donors (Lipinski definition) is 2. The number of carbonyl (C=O) groups is 2. The van der Waals surface area contributed by atoms with E-state index in [1.165, 1.54) is 23.1 Å². The van der Waals surface area contributed by atoms with Gasteiger partial charge >= 0.3 is 0 Å². The Morgan fingerprint density at radius 1 is 1.25 bits per heavy atom. The Morgan fingerprint density at radius 3 is 2.64 bits per heavy atom. The number of anilines is 1. The van der Waals surface area contributed by atoms with Gasteiger partial charge in [-0.1, -0.05) is 0 Å². The number of methoxy groups -OCH3 is 1. The molecule has 0 radical (unpaired) electrons. The number of benzene rings is 1. The topological polar surface area (TPSA) is 92.8 Å². The third-order valence-electron chi connectivity index (χ3n) is 4.05. The number of nitrogens with one attached hydrogen (secondary N) is 2. The summed E-state index contributed by atoms with van der Waals surface area (Å²) in [5, 5.41) is 2.08. The van der Waals surface area contributed by atoms with Crippen LogP contribution in [0.4, 0.5) is 5.13 Å². The van der Waals surface area contributed by atoms with Crippen LogP contribution >= 0.6 is 23.1 Å². The van der Waals surface area contributed by atoms with Gasteiger partial charge in [0.05, 0.1) is 25.6 Å². The van der Waals surface area contributed by atoms with E-state index >= 15 is 0 Å². The summed E-state index contributed by atoms with van der Waals surface area (Å²) in [6, 6.07) is 7.44. The highest BCUT2D eigenvalue weighted by molar-refractivity contribution is 8.00. The standard InChI is InChI=1S/C18H22N4O4S2/c1-12(28-14-5-3-13(25-2)4-6-14)16(23)20-21-17(24)15-11-27-18(19-15)22-7-9-26-10-8-22/h3-6,11-12H,7-10H2,1-2H3,(H,20,23)(H,21,24). The number of nitrogens with zero attached hydrogens (tertiary/aromatic N) is 2. The SMILES string of the molecule is COc1ccc(SC(C)C(=O)NNC(=O)c2csc(N3CCOCC3)n2)cc1. The molecular formula is C18H22N4O4S2. The van der Waals surface area contributed by atoms with E-state index in [4.69, 9.17) is 9.47 Å². The molecule has 28 heavy (non-hydrogen) atoms. The molecule has 1 saturated heterocycles. The maximum atomic E-state index is 12.3. The second-order valence-corrected chi connectivity index (χ2v) is 8.24. The lowest BCUT2D eigenvalue weighted by molar-refractivity contribution is -0.121. The molecule has 1 unspecified atom stereocenters. The molecular weight excluding hydrogens is 400 g/mol. The first-order valence-corrected chi connectivity index (χ1v) is 10.5. The van der Waals surface area contributed by atoms with E-state index in [1.807, 2.05) is 24.3 Å². The van der Waals surface area contributed by atoms with Gasteiger partial charge in [-0.2, -0.15) is 0 Å². The molecule has 2 aromatic rings. The van der Waals surface area contributed by atoms with Crippen molar-refractivity contribution in [2.45, 2.75) is 17.1 Å². The molecule has 1 atom stereocenters. The van der Waals surface area contributed by atoms with E-state index in [0.29, 0.717) is 13.2 Å². The molecule has 8 nitrogen and oxygen atoms in total. The Hall–Kier alpha value is -2.30. The number of aromatic nitrogens is 1. The predicted octanol–water partition coefficient (Wildman–Crippen LogP) is 1.93. The summed E-state index contributed by atoms with van der Waals surface area (Å²) < 4.78 is 10.4. The highest BCUT2D eigenvalue weighted by Gasteiger charge is 2.19. The quantitative estimate of drug-likeness (QED) is 0.543. The molecule has 1 fully saturated rings. The molecule has 1 aliphatic rings. The maximum Gasteiger partial charge on any atom is 0.289 e. The number of hydrogen-bond acceptors (Lipinski definition) is 8. The number of amides is 2. The smallest absolute Gasteiger partial charge is 0.289 e. The van der Waals surface area contributed by atoms with E-state index in [0.717, 1.165) is 28.9 Å². The first-order valence-electron chi connectivity index (χ1n) is 8.76. The van der Waals surface area contributed by atoms with Gasteiger partial charge in [0.15, 0.2) is 5.13 Å². The molecule has 1 aromatic heterocycles. The average molecular weight is 423 g/mol. The van der Waals surface area contributed by atoms with Crippen LogP contribution in [-0.2, 0) is 9.53 Å². The first-order chi connectivity index (χ1) is 13.6. The number of carbonyl (C=O) groups excluding carboxylic acids is 2. The summed E-state index contributed by atoms with van der Waals surface area (Å²) in [6.07, 6.45) is 0. The van der Waals surface area contributed by atoms with Gasteiger partial charge in [0.1, 0.15) is 11.4 Å². The minimum atomic E-state index is -0.439. The Labute approximate surface area is 171 Å². The van der Waals surface area contributed by atoms with Crippen LogP contribution in [0.3, 0.4) is 0 Å². The molecule has 2 amide bonds. The van der Waals surface area contributed by atoms with Crippen molar-refractivity contribution in [1.82, 2.24) is 15.8 Å². The molecule has 3 rings (SSSR count). The van der Waals surface area contributed by atoms with Crippen molar-refractivity contribution in [3.05, 3.63) is 35.3 Å². The van der Waals surface area contributed by atoms with Crippen molar-refractivity contribution in [3.8, 4) is 5.75 Å². The van der Waals surface area contributed by atoms with E-state index in [-0.39, 0.29) is 16.9 Å². The minimum Gasteiger partial charge on any atom is -0.497 e. The molecule has 0 aliphatic carbocycles. The Balaban J connectivity index is 1.47. The van der Waals surface area contributed by atoms with Crippen molar-refractivity contribution in [2.75, 3.05) is 38.3 Å².